The molecule has 0 amide bonds. The van der Waals surface area contributed by atoms with Crippen LogP contribution in [-0.2, 0) is 9.09 Å². The van der Waals surface area contributed by atoms with Gasteiger partial charge in [0, 0.05) is 5.66 Å². The summed E-state index contributed by atoms with van der Waals surface area (Å²) in [5.41, 5.74) is 5.81. The van der Waals surface area contributed by atoms with Crippen LogP contribution in [0, 0.1) is 5.92 Å². The van der Waals surface area contributed by atoms with Crippen LogP contribution in [0.3, 0.4) is 0 Å². The third kappa shape index (κ3) is 5.91. The number of hydrogen-bond acceptors (Lipinski definition) is 4. The van der Waals surface area contributed by atoms with Crippen molar-refractivity contribution in [1.29, 1.82) is 0 Å². The first-order chi connectivity index (χ1) is 11.7. The van der Waals surface area contributed by atoms with E-state index >= 15 is 0 Å². The Morgan fingerprint density at radius 3 is 2.50 bits per heavy atom. The highest BCUT2D eigenvalue weighted by molar-refractivity contribution is 7.59. The van der Waals surface area contributed by atoms with Crippen molar-refractivity contribution in [1.82, 2.24) is 0 Å². The Morgan fingerprint density at radius 1 is 1.17 bits per heavy atom. The van der Waals surface area contributed by atoms with Crippen LogP contribution in [0.5, 0.6) is 5.75 Å². The average molecular weight is 353 g/mol. The van der Waals surface area contributed by atoms with Gasteiger partial charge in [0.1, 0.15) is 5.75 Å². The number of unbranched alkanes of at least 4 members (excludes halogenated alkanes) is 1. The van der Waals surface area contributed by atoms with Crippen molar-refractivity contribution in [3.8, 4) is 5.75 Å². The number of para-hydroxylation sites is 1. The van der Waals surface area contributed by atoms with E-state index in [0.29, 0.717) is 12.5 Å². The van der Waals surface area contributed by atoms with Crippen molar-refractivity contribution in [2.45, 2.75) is 57.5 Å². The summed E-state index contributed by atoms with van der Waals surface area (Å²) in [4.78, 5) is 0. The van der Waals surface area contributed by atoms with E-state index in [0.717, 1.165) is 57.2 Å². The Kier molecular flexibility index (Phi) is 8.31. The molecule has 0 saturated heterocycles. The molecule has 1 fully saturated rings. The molecule has 4 nitrogen and oxygen atoms in total. The molecule has 1 aliphatic rings. The molecule has 0 spiro atoms. The minimum absolute atomic E-state index is 0.132. The summed E-state index contributed by atoms with van der Waals surface area (Å²) in [5.74, 6) is 1.44. The van der Waals surface area contributed by atoms with E-state index in [1.54, 1.807) is 0 Å². The predicted octanol–water partition coefficient (Wildman–Crippen LogP) is 5.03. The van der Waals surface area contributed by atoms with Gasteiger partial charge in [0.05, 0.1) is 6.61 Å². The monoisotopic (exact) mass is 353 g/mol. The maximum atomic E-state index is 13.5. The van der Waals surface area contributed by atoms with Crippen molar-refractivity contribution in [3.05, 3.63) is 30.3 Å². The number of rotatable bonds is 10. The fraction of sp³-hybridized carbons (Fsp3) is 0.684. The number of benzene rings is 1. The number of nitrogens with two attached hydrogens (primary N) is 1. The van der Waals surface area contributed by atoms with Crippen LogP contribution in [0.4, 0.5) is 0 Å². The van der Waals surface area contributed by atoms with Gasteiger partial charge < -0.3 is 15.0 Å². The molecule has 0 aliphatic heterocycles. The van der Waals surface area contributed by atoms with E-state index in [1.165, 1.54) is 0 Å². The highest BCUT2D eigenvalue weighted by Crippen LogP contribution is 2.57. The molecule has 0 aromatic heterocycles. The number of hydrogen-bond donors (Lipinski definition) is 1. The van der Waals surface area contributed by atoms with Gasteiger partial charge in [-0.05, 0) is 63.1 Å². The summed E-state index contributed by atoms with van der Waals surface area (Å²) in [6.45, 7) is 3.43. The molecule has 2 rings (SSSR count). The minimum atomic E-state index is -2.79. The molecule has 0 heterocycles. The molecule has 24 heavy (non-hydrogen) atoms. The Morgan fingerprint density at radius 2 is 1.88 bits per heavy atom. The zero-order valence-electron chi connectivity index (χ0n) is 14.9. The second kappa shape index (κ2) is 10.2. The third-order valence-electron chi connectivity index (χ3n) is 4.91. The van der Waals surface area contributed by atoms with Gasteiger partial charge >= 0.3 is 0 Å². The lowest BCUT2D eigenvalue weighted by Gasteiger charge is -2.33. The summed E-state index contributed by atoms with van der Waals surface area (Å²) in [6.07, 6.45) is 7.39. The molecule has 2 N–H and O–H groups in total. The molecule has 0 radical (unpaired) electrons. The van der Waals surface area contributed by atoms with Gasteiger partial charge in [-0.1, -0.05) is 31.5 Å². The summed E-state index contributed by atoms with van der Waals surface area (Å²) in [5, 5.41) is 0. The summed E-state index contributed by atoms with van der Waals surface area (Å²) in [7, 11) is -2.79. The number of ether oxygens (including phenoxy) is 1. The zero-order valence-corrected chi connectivity index (χ0v) is 15.8. The van der Waals surface area contributed by atoms with Gasteiger partial charge in [-0.15, -0.1) is 0 Å². The van der Waals surface area contributed by atoms with E-state index in [1.807, 2.05) is 30.3 Å². The predicted molar refractivity (Wildman–Crippen MR) is 99.8 cm³/mol. The SMILES string of the molecule is CCCCOP(=O)(COc1ccccc1)C1CCC(CCN)CC1. The molecule has 0 bridgehead atoms. The van der Waals surface area contributed by atoms with Crippen LogP contribution >= 0.6 is 7.37 Å². The molecule has 1 aromatic carbocycles. The van der Waals surface area contributed by atoms with Crippen molar-refractivity contribution in [3.63, 3.8) is 0 Å². The van der Waals surface area contributed by atoms with E-state index in [-0.39, 0.29) is 12.0 Å². The second-order valence-corrected chi connectivity index (χ2v) is 9.45. The van der Waals surface area contributed by atoms with Crippen molar-refractivity contribution < 1.29 is 13.8 Å². The molecule has 1 saturated carbocycles. The first-order valence-electron chi connectivity index (χ1n) is 9.29. The highest BCUT2D eigenvalue weighted by Gasteiger charge is 2.37. The van der Waals surface area contributed by atoms with E-state index in [4.69, 9.17) is 15.0 Å². The first-order valence-corrected chi connectivity index (χ1v) is 11.2. The Hall–Kier alpha value is -0.830. The van der Waals surface area contributed by atoms with Crippen molar-refractivity contribution in [2.24, 2.45) is 11.7 Å². The largest absolute Gasteiger partial charge is 0.484 e. The minimum Gasteiger partial charge on any atom is -0.484 e. The second-order valence-electron chi connectivity index (χ2n) is 6.75. The van der Waals surface area contributed by atoms with Gasteiger partial charge in [0.25, 0.3) is 0 Å². The van der Waals surface area contributed by atoms with Gasteiger partial charge in [0.15, 0.2) is 6.35 Å². The molecular weight excluding hydrogens is 321 g/mol. The van der Waals surface area contributed by atoms with Crippen LogP contribution in [0.25, 0.3) is 0 Å². The van der Waals surface area contributed by atoms with Crippen LogP contribution in [0.15, 0.2) is 30.3 Å². The van der Waals surface area contributed by atoms with Gasteiger partial charge in [-0.3, -0.25) is 4.57 Å². The highest BCUT2D eigenvalue weighted by atomic mass is 31.2. The lowest BCUT2D eigenvalue weighted by molar-refractivity contribution is 0.253. The molecule has 5 heteroatoms. The lowest BCUT2D eigenvalue weighted by atomic mass is 9.87. The molecule has 1 unspecified atom stereocenters. The van der Waals surface area contributed by atoms with Crippen LogP contribution in [0.1, 0.15) is 51.9 Å². The van der Waals surface area contributed by atoms with Crippen molar-refractivity contribution in [2.75, 3.05) is 19.5 Å². The average Bonchev–Trinajstić information content (AvgIpc) is 2.62. The Bertz CT molecular complexity index is 501. The maximum Gasteiger partial charge on any atom is 0.242 e. The van der Waals surface area contributed by atoms with Gasteiger partial charge in [-0.2, -0.15) is 0 Å². The fourth-order valence-electron chi connectivity index (χ4n) is 3.36. The molecule has 136 valence electrons. The normalized spacial score (nSPS) is 23.6. The van der Waals surface area contributed by atoms with Crippen LogP contribution in [0.2, 0.25) is 0 Å². The van der Waals surface area contributed by atoms with E-state index in [2.05, 4.69) is 6.92 Å². The molecule has 1 aromatic rings. The molecule has 1 atom stereocenters. The molecule has 1 aliphatic carbocycles. The smallest absolute Gasteiger partial charge is 0.242 e. The van der Waals surface area contributed by atoms with E-state index < -0.39 is 7.37 Å². The van der Waals surface area contributed by atoms with Crippen LogP contribution < -0.4 is 10.5 Å². The maximum absolute atomic E-state index is 13.5. The van der Waals surface area contributed by atoms with Gasteiger partial charge in [0.2, 0.25) is 7.37 Å². The van der Waals surface area contributed by atoms with E-state index in [9.17, 15) is 4.57 Å². The van der Waals surface area contributed by atoms with Gasteiger partial charge in [-0.25, -0.2) is 0 Å². The summed E-state index contributed by atoms with van der Waals surface area (Å²) >= 11 is 0. The standard InChI is InChI=1S/C19H32NO3P/c1-2-3-15-23-24(21,16-22-18-7-5-4-6-8-18)19-11-9-17(10-12-19)13-14-20/h4-8,17,19H,2-3,9-16,20H2,1H3. The fourth-order valence-corrected chi connectivity index (χ4v) is 5.70. The summed E-state index contributed by atoms with van der Waals surface area (Å²) in [6, 6.07) is 9.60. The quantitative estimate of drug-likeness (QED) is 0.473. The summed E-state index contributed by atoms with van der Waals surface area (Å²) < 4.78 is 25.3. The van der Waals surface area contributed by atoms with Crippen molar-refractivity contribution >= 4 is 7.37 Å². The lowest BCUT2D eigenvalue weighted by Crippen LogP contribution is -2.24. The zero-order chi connectivity index (χ0) is 17.3. The van der Waals surface area contributed by atoms with Crippen LogP contribution in [-0.4, -0.2) is 25.2 Å². The third-order valence-corrected chi connectivity index (χ3v) is 7.65. The Balaban J connectivity index is 1.96. The molecular formula is C19H32NO3P. The topological polar surface area (TPSA) is 61.5 Å². The Labute approximate surface area is 146 Å². The first kappa shape index (κ1) is 19.5.